The highest BCUT2D eigenvalue weighted by Crippen LogP contribution is 2.43. The van der Waals surface area contributed by atoms with Crippen molar-refractivity contribution < 1.29 is 4.74 Å². The lowest BCUT2D eigenvalue weighted by molar-refractivity contribution is 0.393. The Hall–Kier alpha value is -2.93. The third-order valence-corrected chi connectivity index (χ3v) is 5.06. The Kier molecular flexibility index (Phi) is 4.07. The molecule has 0 aromatic heterocycles. The van der Waals surface area contributed by atoms with E-state index in [4.69, 9.17) is 10.5 Å². The maximum absolute atomic E-state index is 9.60. The number of anilines is 1. The summed E-state index contributed by atoms with van der Waals surface area (Å²) in [4.78, 5) is 2.39. The van der Waals surface area contributed by atoms with Crippen molar-refractivity contribution >= 4 is 5.69 Å². The minimum Gasteiger partial charge on any atom is -0.440 e. The maximum atomic E-state index is 9.60. The average Bonchev–Trinajstić information content (AvgIpc) is 2.68. The lowest BCUT2D eigenvalue weighted by Crippen LogP contribution is -2.29. The second-order valence-electron chi connectivity index (χ2n) is 6.61. The first-order valence-electron chi connectivity index (χ1n) is 8.79. The van der Waals surface area contributed by atoms with Crippen molar-refractivity contribution in [3.63, 3.8) is 0 Å². The van der Waals surface area contributed by atoms with Gasteiger partial charge in [0, 0.05) is 30.4 Å². The van der Waals surface area contributed by atoms with Crippen molar-refractivity contribution in [2.75, 3.05) is 18.0 Å². The molecule has 0 saturated carbocycles. The topological polar surface area (TPSA) is 62.3 Å². The van der Waals surface area contributed by atoms with Crippen LogP contribution in [0, 0.1) is 11.3 Å². The zero-order valence-corrected chi connectivity index (χ0v) is 14.1. The standard InChI is InChI=1S/C21H21N3O/c22-14-18-20(15-7-3-1-4-8-15)17-10-9-16(13-19(17)25-21(18)23)24-11-5-2-6-12-24/h1,3-4,7-10,13,20H,2,5-6,11-12,23H2. The van der Waals surface area contributed by atoms with Crippen molar-refractivity contribution in [1.82, 2.24) is 0 Å². The zero-order chi connectivity index (χ0) is 17.2. The fourth-order valence-electron chi connectivity index (χ4n) is 3.78. The van der Waals surface area contributed by atoms with Crippen LogP contribution in [-0.2, 0) is 0 Å². The molecular weight excluding hydrogens is 310 g/mol. The number of hydrogen-bond donors (Lipinski definition) is 1. The molecule has 25 heavy (non-hydrogen) atoms. The SMILES string of the molecule is N#CC1=C(N)Oc2cc(N3CCCCC3)ccc2C1c1ccccc1. The molecular formula is C21H21N3O. The molecule has 1 saturated heterocycles. The molecule has 2 aliphatic rings. The summed E-state index contributed by atoms with van der Waals surface area (Å²) in [5, 5.41) is 9.60. The van der Waals surface area contributed by atoms with Crippen LogP contribution in [0.15, 0.2) is 60.0 Å². The molecule has 0 amide bonds. The number of ether oxygens (including phenoxy) is 1. The van der Waals surface area contributed by atoms with Gasteiger partial charge in [-0.3, -0.25) is 0 Å². The lowest BCUT2D eigenvalue weighted by Gasteiger charge is -2.31. The van der Waals surface area contributed by atoms with Crippen molar-refractivity contribution in [1.29, 1.82) is 5.26 Å². The van der Waals surface area contributed by atoms with E-state index in [9.17, 15) is 5.26 Å². The number of fused-ring (bicyclic) bond motifs is 1. The van der Waals surface area contributed by atoms with Gasteiger partial charge in [-0.05, 0) is 30.9 Å². The zero-order valence-electron chi connectivity index (χ0n) is 14.1. The Balaban J connectivity index is 1.78. The number of rotatable bonds is 2. The lowest BCUT2D eigenvalue weighted by atomic mass is 9.83. The molecule has 1 unspecified atom stereocenters. The molecule has 2 heterocycles. The first-order valence-corrected chi connectivity index (χ1v) is 8.79. The molecule has 4 nitrogen and oxygen atoms in total. The van der Waals surface area contributed by atoms with E-state index in [1.54, 1.807) is 0 Å². The predicted octanol–water partition coefficient (Wildman–Crippen LogP) is 3.90. The van der Waals surface area contributed by atoms with Gasteiger partial charge in [-0.1, -0.05) is 36.4 Å². The Morgan fingerprint density at radius 3 is 2.52 bits per heavy atom. The maximum Gasteiger partial charge on any atom is 0.205 e. The van der Waals surface area contributed by atoms with Crippen LogP contribution in [0.3, 0.4) is 0 Å². The minimum absolute atomic E-state index is 0.176. The smallest absolute Gasteiger partial charge is 0.205 e. The van der Waals surface area contributed by atoms with Crippen LogP contribution in [0.4, 0.5) is 5.69 Å². The second kappa shape index (κ2) is 6.52. The first kappa shape index (κ1) is 15.6. The van der Waals surface area contributed by atoms with Crippen LogP contribution in [0.25, 0.3) is 0 Å². The van der Waals surface area contributed by atoms with E-state index in [0.717, 1.165) is 30.0 Å². The van der Waals surface area contributed by atoms with E-state index in [1.807, 2.05) is 30.3 Å². The van der Waals surface area contributed by atoms with Gasteiger partial charge in [0.15, 0.2) is 0 Å². The van der Waals surface area contributed by atoms with Crippen LogP contribution in [0.1, 0.15) is 36.3 Å². The van der Waals surface area contributed by atoms with Gasteiger partial charge in [0.1, 0.15) is 17.4 Å². The quantitative estimate of drug-likeness (QED) is 0.907. The summed E-state index contributed by atoms with van der Waals surface area (Å²) in [6, 6.07) is 18.5. The molecule has 2 aromatic rings. The molecule has 1 atom stereocenters. The molecule has 4 rings (SSSR count). The molecule has 0 bridgehead atoms. The summed E-state index contributed by atoms with van der Waals surface area (Å²) in [5.74, 6) is 0.790. The third kappa shape index (κ3) is 2.83. The Morgan fingerprint density at radius 2 is 1.80 bits per heavy atom. The highest BCUT2D eigenvalue weighted by molar-refractivity contribution is 5.61. The number of nitrogens with zero attached hydrogens (tertiary/aromatic N) is 2. The number of allylic oxidation sites excluding steroid dienone is 1. The number of piperidine rings is 1. The Labute approximate surface area is 148 Å². The molecule has 1 fully saturated rings. The third-order valence-electron chi connectivity index (χ3n) is 5.06. The molecule has 126 valence electrons. The fraction of sp³-hybridized carbons (Fsp3) is 0.286. The molecule has 4 heteroatoms. The van der Waals surface area contributed by atoms with E-state index in [2.05, 4.69) is 29.2 Å². The van der Waals surface area contributed by atoms with Gasteiger partial charge >= 0.3 is 0 Å². The van der Waals surface area contributed by atoms with E-state index in [0.29, 0.717) is 5.57 Å². The van der Waals surface area contributed by atoms with Crippen molar-refractivity contribution in [2.24, 2.45) is 5.73 Å². The monoisotopic (exact) mass is 331 g/mol. The van der Waals surface area contributed by atoms with Gasteiger partial charge in [0.05, 0.1) is 5.92 Å². The first-order chi connectivity index (χ1) is 12.3. The number of nitriles is 1. The molecule has 0 spiro atoms. The van der Waals surface area contributed by atoms with Gasteiger partial charge in [-0.2, -0.15) is 5.26 Å². The number of hydrogen-bond acceptors (Lipinski definition) is 4. The van der Waals surface area contributed by atoms with Gasteiger partial charge < -0.3 is 15.4 Å². The van der Waals surface area contributed by atoms with E-state index in [-0.39, 0.29) is 11.8 Å². The van der Waals surface area contributed by atoms with Gasteiger partial charge in [0.25, 0.3) is 0 Å². The number of nitrogens with two attached hydrogens (primary N) is 1. The molecule has 2 aliphatic heterocycles. The number of benzene rings is 2. The molecule has 2 N–H and O–H groups in total. The van der Waals surface area contributed by atoms with Crippen LogP contribution in [0.5, 0.6) is 5.75 Å². The summed E-state index contributed by atoms with van der Waals surface area (Å²) >= 11 is 0. The second-order valence-corrected chi connectivity index (χ2v) is 6.61. The minimum atomic E-state index is -0.176. The fourth-order valence-corrected chi connectivity index (χ4v) is 3.78. The van der Waals surface area contributed by atoms with Gasteiger partial charge in [0.2, 0.25) is 5.88 Å². The largest absolute Gasteiger partial charge is 0.440 e. The highest BCUT2D eigenvalue weighted by Gasteiger charge is 2.31. The highest BCUT2D eigenvalue weighted by atomic mass is 16.5. The van der Waals surface area contributed by atoms with E-state index < -0.39 is 0 Å². The summed E-state index contributed by atoms with van der Waals surface area (Å²) in [7, 11) is 0. The normalized spacial score (nSPS) is 19.8. The van der Waals surface area contributed by atoms with Gasteiger partial charge in [-0.15, -0.1) is 0 Å². The van der Waals surface area contributed by atoms with Crippen LogP contribution >= 0.6 is 0 Å². The van der Waals surface area contributed by atoms with Crippen LogP contribution in [0.2, 0.25) is 0 Å². The Morgan fingerprint density at radius 1 is 1.04 bits per heavy atom. The summed E-state index contributed by atoms with van der Waals surface area (Å²) < 4.78 is 5.83. The van der Waals surface area contributed by atoms with Crippen LogP contribution < -0.4 is 15.4 Å². The molecule has 0 aliphatic carbocycles. The van der Waals surface area contributed by atoms with Crippen LogP contribution in [-0.4, -0.2) is 13.1 Å². The Bertz CT molecular complexity index is 845. The van der Waals surface area contributed by atoms with Crippen molar-refractivity contribution in [3.05, 3.63) is 71.1 Å². The van der Waals surface area contributed by atoms with E-state index in [1.165, 1.54) is 24.9 Å². The van der Waals surface area contributed by atoms with Crippen molar-refractivity contribution in [3.8, 4) is 11.8 Å². The van der Waals surface area contributed by atoms with Crippen molar-refractivity contribution in [2.45, 2.75) is 25.2 Å². The molecule has 2 aromatic carbocycles. The summed E-state index contributed by atoms with van der Waals surface area (Å²) in [6.45, 7) is 2.16. The summed E-state index contributed by atoms with van der Waals surface area (Å²) in [6.07, 6.45) is 3.76. The van der Waals surface area contributed by atoms with E-state index >= 15 is 0 Å². The van der Waals surface area contributed by atoms with Gasteiger partial charge in [-0.25, -0.2) is 0 Å². The summed E-state index contributed by atoms with van der Waals surface area (Å²) in [5.41, 5.74) is 9.77. The average molecular weight is 331 g/mol. The predicted molar refractivity (Wildman–Crippen MR) is 98.2 cm³/mol. The molecule has 0 radical (unpaired) electrons.